The van der Waals surface area contributed by atoms with Gasteiger partial charge >= 0.3 is 5.97 Å². The van der Waals surface area contributed by atoms with Gasteiger partial charge in [0, 0.05) is 4.47 Å². The third-order valence-corrected chi connectivity index (χ3v) is 4.33. The van der Waals surface area contributed by atoms with Crippen LogP contribution in [0.2, 0.25) is 0 Å². The molecule has 1 aromatic rings. The first-order chi connectivity index (χ1) is 8.40. The van der Waals surface area contributed by atoms with Crippen molar-refractivity contribution in [1.82, 2.24) is 4.72 Å². The van der Waals surface area contributed by atoms with E-state index in [0.29, 0.717) is 6.42 Å². The first-order valence-electron chi connectivity index (χ1n) is 5.26. The maximum absolute atomic E-state index is 12.0. The van der Waals surface area contributed by atoms with Crippen molar-refractivity contribution in [1.29, 1.82) is 0 Å². The number of carbonyl (C=O) groups excluding carboxylic acids is 1. The summed E-state index contributed by atoms with van der Waals surface area (Å²) in [6.45, 7) is 1.70. The number of hydrogen-bond acceptors (Lipinski definition) is 4. The van der Waals surface area contributed by atoms with Crippen molar-refractivity contribution < 1.29 is 17.9 Å². The van der Waals surface area contributed by atoms with Gasteiger partial charge in [0.2, 0.25) is 10.0 Å². The fourth-order valence-corrected chi connectivity index (χ4v) is 2.84. The molecule has 0 bridgehead atoms. The molecule has 0 aromatic heterocycles. The van der Waals surface area contributed by atoms with Crippen LogP contribution < -0.4 is 4.72 Å². The van der Waals surface area contributed by atoms with Gasteiger partial charge in [-0.15, -0.1) is 0 Å². The lowest BCUT2D eigenvalue weighted by atomic mass is 10.2. The zero-order valence-corrected chi connectivity index (χ0v) is 12.4. The Morgan fingerprint density at radius 3 is 2.39 bits per heavy atom. The van der Waals surface area contributed by atoms with E-state index in [1.165, 1.54) is 19.2 Å². The van der Waals surface area contributed by atoms with Crippen LogP contribution in [0.25, 0.3) is 0 Å². The van der Waals surface area contributed by atoms with Gasteiger partial charge in [0.1, 0.15) is 6.04 Å². The summed E-state index contributed by atoms with van der Waals surface area (Å²) in [6.07, 6.45) is 0.322. The highest BCUT2D eigenvalue weighted by Crippen LogP contribution is 2.15. The van der Waals surface area contributed by atoms with Crippen LogP contribution in [0.5, 0.6) is 0 Å². The molecule has 7 heteroatoms. The number of esters is 1. The van der Waals surface area contributed by atoms with E-state index in [1.54, 1.807) is 19.1 Å². The monoisotopic (exact) mass is 335 g/mol. The van der Waals surface area contributed by atoms with Gasteiger partial charge < -0.3 is 4.74 Å². The maximum Gasteiger partial charge on any atom is 0.323 e. The van der Waals surface area contributed by atoms with Crippen LogP contribution >= 0.6 is 15.9 Å². The molecule has 0 aliphatic rings. The van der Waals surface area contributed by atoms with E-state index in [4.69, 9.17) is 0 Å². The fraction of sp³-hybridized carbons (Fsp3) is 0.364. The highest BCUT2D eigenvalue weighted by molar-refractivity contribution is 9.10. The molecule has 5 nitrogen and oxygen atoms in total. The molecule has 0 fully saturated rings. The number of sulfonamides is 1. The third-order valence-electron chi connectivity index (χ3n) is 2.32. The minimum absolute atomic E-state index is 0.105. The highest BCUT2D eigenvalue weighted by atomic mass is 79.9. The SMILES string of the molecule is CCC(NS(=O)(=O)c1ccc(Br)cc1)C(=O)OC. The van der Waals surface area contributed by atoms with Gasteiger partial charge in [-0.25, -0.2) is 8.42 Å². The molecule has 0 spiro atoms. The fourth-order valence-electron chi connectivity index (χ4n) is 1.31. The van der Waals surface area contributed by atoms with E-state index in [1.807, 2.05) is 0 Å². The minimum Gasteiger partial charge on any atom is -0.468 e. The van der Waals surface area contributed by atoms with Crippen molar-refractivity contribution in [3.8, 4) is 0 Å². The van der Waals surface area contributed by atoms with Gasteiger partial charge in [0.15, 0.2) is 0 Å². The van der Waals surface area contributed by atoms with Crippen molar-refractivity contribution in [2.75, 3.05) is 7.11 Å². The van der Waals surface area contributed by atoms with Gasteiger partial charge in [0.05, 0.1) is 12.0 Å². The Balaban J connectivity index is 2.94. The molecule has 1 rings (SSSR count). The molecule has 0 aliphatic heterocycles. The zero-order chi connectivity index (χ0) is 13.8. The predicted octanol–water partition coefficient (Wildman–Crippen LogP) is 1.68. The Hall–Kier alpha value is -0.920. The Morgan fingerprint density at radius 2 is 1.94 bits per heavy atom. The van der Waals surface area contributed by atoms with Crippen molar-refractivity contribution in [2.45, 2.75) is 24.3 Å². The lowest BCUT2D eigenvalue weighted by molar-refractivity contribution is -0.142. The molecule has 1 atom stereocenters. The van der Waals surface area contributed by atoms with Gasteiger partial charge in [-0.05, 0) is 30.7 Å². The lowest BCUT2D eigenvalue weighted by Gasteiger charge is -2.14. The molecular weight excluding hydrogens is 322 g/mol. The minimum atomic E-state index is -3.72. The predicted molar refractivity (Wildman–Crippen MR) is 70.6 cm³/mol. The number of nitrogens with one attached hydrogen (secondary N) is 1. The Kier molecular flexibility index (Phi) is 5.30. The molecule has 0 heterocycles. The second-order valence-electron chi connectivity index (χ2n) is 3.56. The molecule has 1 unspecified atom stereocenters. The van der Waals surface area contributed by atoms with Gasteiger partial charge in [-0.1, -0.05) is 22.9 Å². The Labute approximate surface area is 115 Å². The number of carbonyl (C=O) groups is 1. The second kappa shape index (κ2) is 6.31. The van der Waals surface area contributed by atoms with Crippen molar-refractivity contribution in [3.63, 3.8) is 0 Å². The smallest absolute Gasteiger partial charge is 0.323 e. The summed E-state index contributed by atoms with van der Waals surface area (Å²) in [5, 5.41) is 0. The van der Waals surface area contributed by atoms with E-state index in [9.17, 15) is 13.2 Å². The molecule has 0 radical (unpaired) electrons. The van der Waals surface area contributed by atoms with Crippen LogP contribution in [0.4, 0.5) is 0 Å². The number of halogens is 1. The Bertz CT molecular complexity index is 512. The lowest BCUT2D eigenvalue weighted by Crippen LogP contribution is -2.40. The van der Waals surface area contributed by atoms with Crippen LogP contribution in [0.3, 0.4) is 0 Å². The molecular formula is C11H14BrNO4S. The summed E-state index contributed by atoms with van der Waals surface area (Å²) in [5.41, 5.74) is 0. The van der Waals surface area contributed by atoms with E-state index in [2.05, 4.69) is 25.4 Å². The summed E-state index contributed by atoms with van der Waals surface area (Å²) in [5.74, 6) is -0.599. The molecule has 100 valence electrons. The number of rotatable bonds is 5. The third kappa shape index (κ3) is 3.79. The second-order valence-corrected chi connectivity index (χ2v) is 6.19. The number of benzene rings is 1. The molecule has 0 aliphatic carbocycles. The van der Waals surface area contributed by atoms with Crippen molar-refractivity contribution >= 4 is 31.9 Å². The first-order valence-corrected chi connectivity index (χ1v) is 7.54. The van der Waals surface area contributed by atoms with Crippen LogP contribution in [0.15, 0.2) is 33.6 Å². The van der Waals surface area contributed by atoms with Crippen molar-refractivity contribution in [2.24, 2.45) is 0 Å². The van der Waals surface area contributed by atoms with Crippen molar-refractivity contribution in [3.05, 3.63) is 28.7 Å². The average Bonchev–Trinajstić information content (AvgIpc) is 2.35. The standard InChI is InChI=1S/C11H14BrNO4S/c1-3-10(11(14)17-2)13-18(15,16)9-6-4-8(12)5-7-9/h4-7,10,13H,3H2,1-2H3. The molecule has 0 saturated carbocycles. The quantitative estimate of drug-likeness (QED) is 0.831. The van der Waals surface area contributed by atoms with Gasteiger partial charge in [-0.3, -0.25) is 4.79 Å². The summed E-state index contributed by atoms with van der Waals surface area (Å²) < 4.78 is 31.6. The highest BCUT2D eigenvalue weighted by Gasteiger charge is 2.24. The number of methoxy groups -OCH3 is 1. The summed E-state index contributed by atoms with van der Waals surface area (Å²) in [7, 11) is -2.49. The van der Waals surface area contributed by atoms with Crippen LogP contribution in [-0.2, 0) is 19.6 Å². The summed E-state index contributed by atoms with van der Waals surface area (Å²) in [4.78, 5) is 11.5. The van der Waals surface area contributed by atoms with Gasteiger partial charge in [0.25, 0.3) is 0 Å². The normalized spacial score (nSPS) is 13.1. The largest absolute Gasteiger partial charge is 0.468 e. The topological polar surface area (TPSA) is 72.5 Å². The Morgan fingerprint density at radius 1 is 1.39 bits per heavy atom. The van der Waals surface area contributed by atoms with Crippen LogP contribution in [0, 0.1) is 0 Å². The van der Waals surface area contributed by atoms with Crippen LogP contribution in [-0.4, -0.2) is 27.5 Å². The number of ether oxygens (including phenoxy) is 1. The molecule has 1 N–H and O–H groups in total. The molecule has 0 saturated heterocycles. The van der Waals surface area contributed by atoms with E-state index in [0.717, 1.165) is 4.47 Å². The molecule has 0 amide bonds. The summed E-state index contributed by atoms with van der Waals surface area (Å²) >= 11 is 3.22. The molecule has 1 aromatic carbocycles. The van der Waals surface area contributed by atoms with E-state index in [-0.39, 0.29) is 4.90 Å². The van der Waals surface area contributed by atoms with E-state index >= 15 is 0 Å². The van der Waals surface area contributed by atoms with Gasteiger partial charge in [-0.2, -0.15) is 4.72 Å². The average molecular weight is 336 g/mol. The maximum atomic E-state index is 12.0. The summed E-state index contributed by atoms with van der Waals surface area (Å²) in [6, 6.07) is 5.28. The van der Waals surface area contributed by atoms with E-state index < -0.39 is 22.0 Å². The van der Waals surface area contributed by atoms with Crippen LogP contribution in [0.1, 0.15) is 13.3 Å². The first kappa shape index (κ1) is 15.1. The molecule has 18 heavy (non-hydrogen) atoms. The number of hydrogen-bond donors (Lipinski definition) is 1. The zero-order valence-electron chi connectivity index (χ0n) is 10.0.